The van der Waals surface area contributed by atoms with E-state index in [0.717, 1.165) is 23.5 Å². The van der Waals surface area contributed by atoms with Gasteiger partial charge in [0.2, 0.25) is 0 Å². The number of rotatable bonds is 7. The fraction of sp³-hybridized carbons (Fsp3) is 0.300. The summed E-state index contributed by atoms with van der Waals surface area (Å²) < 4.78 is 11.1. The SMILES string of the molecule is C#CCOc1ccc(CNc2ccc(C)c(C)c2)cc1OCC. The minimum Gasteiger partial charge on any atom is -0.490 e. The van der Waals surface area contributed by atoms with E-state index in [0.29, 0.717) is 12.4 Å². The van der Waals surface area contributed by atoms with Gasteiger partial charge in [0.15, 0.2) is 11.5 Å². The Kier molecular flexibility index (Phi) is 5.94. The largest absolute Gasteiger partial charge is 0.490 e. The Balaban J connectivity index is 2.08. The summed E-state index contributed by atoms with van der Waals surface area (Å²) in [5.74, 6) is 3.87. The first-order chi connectivity index (χ1) is 11.1. The maximum absolute atomic E-state index is 5.64. The maximum Gasteiger partial charge on any atom is 0.162 e. The van der Waals surface area contributed by atoms with Gasteiger partial charge in [-0.3, -0.25) is 0 Å². The standard InChI is InChI=1S/C20H23NO2/c1-5-11-23-19-10-8-17(13-20(19)22-6-2)14-21-18-9-7-15(3)16(4)12-18/h1,7-10,12-13,21H,6,11,14H2,2-4H3. The van der Waals surface area contributed by atoms with Crippen LogP contribution in [0.25, 0.3) is 0 Å². The topological polar surface area (TPSA) is 30.5 Å². The summed E-state index contributed by atoms with van der Waals surface area (Å²) in [4.78, 5) is 0. The molecule has 1 N–H and O–H groups in total. The van der Waals surface area contributed by atoms with Crippen molar-refractivity contribution in [2.24, 2.45) is 0 Å². The summed E-state index contributed by atoms with van der Waals surface area (Å²) in [5.41, 5.74) is 4.81. The number of nitrogens with one attached hydrogen (secondary N) is 1. The molecule has 2 aromatic carbocycles. The molecule has 23 heavy (non-hydrogen) atoms. The molecule has 0 saturated carbocycles. The first-order valence-corrected chi connectivity index (χ1v) is 7.77. The third-order valence-corrected chi connectivity index (χ3v) is 3.62. The molecule has 0 spiro atoms. The molecular formula is C20H23NO2. The lowest BCUT2D eigenvalue weighted by molar-refractivity contribution is 0.299. The second kappa shape index (κ2) is 8.14. The average molecular weight is 309 g/mol. The monoisotopic (exact) mass is 309 g/mol. The van der Waals surface area contributed by atoms with Crippen LogP contribution in [0.1, 0.15) is 23.6 Å². The van der Waals surface area contributed by atoms with Crippen molar-refractivity contribution in [1.82, 2.24) is 0 Å². The van der Waals surface area contributed by atoms with Crippen molar-refractivity contribution >= 4 is 5.69 Å². The van der Waals surface area contributed by atoms with E-state index in [9.17, 15) is 0 Å². The number of aryl methyl sites for hydroxylation is 2. The summed E-state index contributed by atoms with van der Waals surface area (Å²) in [5, 5.41) is 3.43. The van der Waals surface area contributed by atoms with Crippen molar-refractivity contribution in [2.75, 3.05) is 18.5 Å². The fourth-order valence-corrected chi connectivity index (χ4v) is 2.22. The van der Waals surface area contributed by atoms with Crippen LogP contribution in [-0.2, 0) is 6.54 Å². The van der Waals surface area contributed by atoms with Crippen LogP contribution in [0, 0.1) is 26.2 Å². The van der Waals surface area contributed by atoms with Gasteiger partial charge in [0, 0.05) is 12.2 Å². The summed E-state index contributed by atoms with van der Waals surface area (Å²) >= 11 is 0. The molecule has 0 radical (unpaired) electrons. The highest BCUT2D eigenvalue weighted by Gasteiger charge is 2.06. The molecule has 0 aliphatic carbocycles. The third kappa shape index (κ3) is 4.69. The average Bonchev–Trinajstić information content (AvgIpc) is 2.55. The van der Waals surface area contributed by atoms with Crippen LogP contribution in [0.3, 0.4) is 0 Å². The minimum atomic E-state index is 0.236. The number of hydrogen-bond donors (Lipinski definition) is 1. The van der Waals surface area contributed by atoms with Gasteiger partial charge in [-0.05, 0) is 61.7 Å². The Morgan fingerprint density at radius 3 is 2.52 bits per heavy atom. The van der Waals surface area contributed by atoms with Gasteiger partial charge in [-0.1, -0.05) is 18.1 Å². The van der Waals surface area contributed by atoms with Crippen LogP contribution in [0.5, 0.6) is 11.5 Å². The van der Waals surface area contributed by atoms with Gasteiger partial charge in [-0.15, -0.1) is 6.42 Å². The zero-order valence-corrected chi connectivity index (χ0v) is 14.0. The van der Waals surface area contributed by atoms with E-state index < -0.39 is 0 Å². The normalized spacial score (nSPS) is 10.0. The van der Waals surface area contributed by atoms with Crippen molar-refractivity contribution in [3.05, 3.63) is 53.1 Å². The van der Waals surface area contributed by atoms with E-state index in [1.807, 2.05) is 25.1 Å². The maximum atomic E-state index is 5.64. The van der Waals surface area contributed by atoms with Crippen LogP contribution in [0.2, 0.25) is 0 Å². The molecule has 0 heterocycles. The third-order valence-electron chi connectivity index (χ3n) is 3.62. The number of ether oxygens (including phenoxy) is 2. The molecular weight excluding hydrogens is 286 g/mol. The first-order valence-electron chi connectivity index (χ1n) is 7.77. The molecule has 0 saturated heterocycles. The smallest absolute Gasteiger partial charge is 0.162 e. The molecule has 0 aliphatic heterocycles. The second-order valence-corrected chi connectivity index (χ2v) is 5.36. The highest BCUT2D eigenvalue weighted by atomic mass is 16.5. The summed E-state index contributed by atoms with van der Waals surface area (Å²) in [6, 6.07) is 12.3. The number of hydrogen-bond acceptors (Lipinski definition) is 3. The molecule has 2 aromatic rings. The molecule has 0 amide bonds. The highest BCUT2D eigenvalue weighted by molar-refractivity contribution is 5.49. The minimum absolute atomic E-state index is 0.236. The van der Waals surface area contributed by atoms with E-state index in [1.165, 1.54) is 11.1 Å². The van der Waals surface area contributed by atoms with Crippen LogP contribution in [0.15, 0.2) is 36.4 Å². The van der Waals surface area contributed by atoms with Gasteiger partial charge in [0.1, 0.15) is 6.61 Å². The lowest BCUT2D eigenvalue weighted by Crippen LogP contribution is -2.03. The highest BCUT2D eigenvalue weighted by Crippen LogP contribution is 2.29. The van der Waals surface area contributed by atoms with Gasteiger partial charge in [0.05, 0.1) is 6.61 Å². The van der Waals surface area contributed by atoms with Crippen molar-refractivity contribution in [3.63, 3.8) is 0 Å². The molecule has 3 nitrogen and oxygen atoms in total. The van der Waals surface area contributed by atoms with Crippen molar-refractivity contribution in [2.45, 2.75) is 27.3 Å². The molecule has 0 unspecified atom stereocenters. The van der Waals surface area contributed by atoms with E-state index >= 15 is 0 Å². The summed E-state index contributed by atoms with van der Waals surface area (Å²) in [7, 11) is 0. The molecule has 0 aromatic heterocycles. The molecule has 120 valence electrons. The van der Waals surface area contributed by atoms with Crippen LogP contribution in [-0.4, -0.2) is 13.2 Å². The van der Waals surface area contributed by atoms with Crippen molar-refractivity contribution in [1.29, 1.82) is 0 Å². The van der Waals surface area contributed by atoms with Gasteiger partial charge in [-0.25, -0.2) is 0 Å². The lowest BCUT2D eigenvalue weighted by Gasteiger charge is -2.13. The van der Waals surface area contributed by atoms with E-state index in [2.05, 4.69) is 43.3 Å². The van der Waals surface area contributed by atoms with Crippen LogP contribution >= 0.6 is 0 Å². The van der Waals surface area contributed by atoms with Gasteiger partial charge in [-0.2, -0.15) is 0 Å². The quantitative estimate of drug-likeness (QED) is 0.772. The van der Waals surface area contributed by atoms with E-state index in [-0.39, 0.29) is 6.61 Å². The molecule has 0 aliphatic rings. The zero-order chi connectivity index (χ0) is 16.7. The first kappa shape index (κ1) is 16.8. The van der Waals surface area contributed by atoms with Crippen LogP contribution < -0.4 is 14.8 Å². The molecule has 3 heteroatoms. The number of benzene rings is 2. The van der Waals surface area contributed by atoms with Gasteiger partial charge >= 0.3 is 0 Å². The molecule has 0 bridgehead atoms. The molecule has 0 fully saturated rings. The molecule has 2 rings (SSSR count). The molecule has 0 atom stereocenters. The zero-order valence-electron chi connectivity index (χ0n) is 14.0. The van der Waals surface area contributed by atoms with E-state index in [4.69, 9.17) is 15.9 Å². The second-order valence-electron chi connectivity index (χ2n) is 5.36. The Labute approximate surface area is 138 Å². The number of terminal acetylenes is 1. The van der Waals surface area contributed by atoms with Crippen molar-refractivity contribution < 1.29 is 9.47 Å². The Morgan fingerprint density at radius 2 is 1.83 bits per heavy atom. The van der Waals surface area contributed by atoms with Crippen molar-refractivity contribution in [3.8, 4) is 23.8 Å². The fourth-order valence-electron chi connectivity index (χ4n) is 2.22. The lowest BCUT2D eigenvalue weighted by atomic mass is 10.1. The Bertz CT molecular complexity index is 701. The Hall–Kier alpha value is -2.60. The van der Waals surface area contributed by atoms with Crippen LogP contribution in [0.4, 0.5) is 5.69 Å². The predicted octanol–water partition coefficient (Wildman–Crippen LogP) is 4.33. The van der Waals surface area contributed by atoms with Gasteiger partial charge < -0.3 is 14.8 Å². The summed E-state index contributed by atoms with van der Waals surface area (Å²) in [6.45, 7) is 7.72. The Morgan fingerprint density at radius 1 is 1.00 bits per heavy atom. The van der Waals surface area contributed by atoms with E-state index in [1.54, 1.807) is 0 Å². The number of anilines is 1. The van der Waals surface area contributed by atoms with Gasteiger partial charge in [0.25, 0.3) is 0 Å². The summed E-state index contributed by atoms with van der Waals surface area (Å²) in [6.07, 6.45) is 5.24. The predicted molar refractivity (Wildman–Crippen MR) is 95.2 cm³/mol.